The maximum Gasteiger partial charge on any atom is 0.351 e. The summed E-state index contributed by atoms with van der Waals surface area (Å²) >= 11 is 0. The van der Waals surface area contributed by atoms with Crippen molar-refractivity contribution < 1.29 is 4.74 Å². The molecule has 6 nitrogen and oxygen atoms in total. The topological polar surface area (TPSA) is 61.1 Å². The number of aryl methyl sites for hydroxylation is 1. The highest BCUT2D eigenvalue weighted by Gasteiger charge is 2.11. The van der Waals surface area contributed by atoms with Crippen LogP contribution in [0.25, 0.3) is 5.69 Å². The predicted molar refractivity (Wildman–Crippen MR) is 64.9 cm³/mol. The maximum absolute atomic E-state index is 11.9. The molecule has 1 N–H and O–H groups in total. The minimum atomic E-state index is -0.195. The van der Waals surface area contributed by atoms with E-state index in [2.05, 4.69) is 10.4 Å². The first-order valence-electron chi connectivity index (χ1n) is 5.15. The first-order chi connectivity index (χ1) is 8.17. The Morgan fingerprint density at radius 3 is 2.47 bits per heavy atom. The molecule has 0 amide bonds. The molecule has 0 aliphatic carbocycles. The van der Waals surface area contributed by atoms with Crippen molar-refractivity contribution in [1.29, 1.82) is 0 Å². The lowest BCUT2D eigenvalue weighted by Crippen LogP contribution is -2.21. The van der Waals surface area contributed by atoms with E-state index < -0.39 is 0 Å². The SMILES string of the molecule is CNc1nn(C)c(=O)n1-c1ccc(OC)cc1. The number of nitrogens with zero attached hydrogens (tertiary/aromatic N) is 3. The summed E-state index contributed by atoms with van der Waals surface area (Å²) in [5.74, 6) is 1.25. The van der Waals surface area contributed by atoms with Crippen LogP contribution in [0.2, 0.25) is 0 Å². The van der Waals surface area contributed by atoms with Crippen LogP contribution in [0.4, 0.5) is 5.95 Å². The van der Waals surface area contributed by atoms with Crippen molar-refractivity contribution in [3.8, 4) is 11.4 Å². The Morgan fingerprint density at radius 2 is 1.94 bits per heavy atom. The molecule has 2 rings (SSSR count). The number of methoxy groups -OCH3 is 1. The van der Waals surface area contributed by atoms with Crippen LogP contribution in [0.15, 0.2) is 29.1 Å². The highest BCUT2D eigenvalue weighted by Crippen LogP contribution is 2.15. The van der Waals surface area contributed by atoms with E-state index >= 15 is 0 Å². The van der Waals surface area contributed by atoms with Gasteiger partial charge in [0.25, 0.3) is 0 Å². The smallest absolute Gasteiger partial charge is 0.351 e. The zero-order valence-electron chi connectivity index (χ0n) is 9.97. The molecule has 0 saturated carbocycles. The molecule has 17 heavy (non-hydrogen) atoms. The van der Waals surface area contributed by atoms with Crippen molar-refractivity contribution in [1.82, 2.24) is 14.3 Å². The number of hydrogen-bond donors (Lipinski definition) is 1. The molecule has 1 aromatic carbocycles. The molecule has 0 aliphatic heterocycles. The molecular formula is C11H14N4O2. The molecule has 0 aliphatic rings. The summed E-state index contributed by atoms with van der Waals surface area (Å²) in [5.41, 5.74) is 0.549. The Morgan fingerprint density at radius 1 is 1.29 bits per heavy atom. The van der Waals surface area contributed by atoms with E-state index in [1.807, 2.05) is 12.1 Å². The average Bonchev–Trinajstić information content (AvgIpc) is 2.65. The summed E-state index contributed by atoms with van der Waals surface area (Å²) in [4.78, 5) is 11.9. The first-order valence-corrected chi connectivity index (χ1v) is 5.15. The molecule has 0 unspecified atom stereocenters. The first kappa shape index (κ1) is 11.3. The summed E-state index contributed by atoms with van der Waals surface area (Å²) < 4.78 is 7.86. The molecule has 0 radical (unpaired) electrons. The van der Waals surface area contributed by atoms with Gasteiger partial charge in [0.2, 0.25) is 5.95 Å². The molecule has 0 bridgehead atoms. The van der Waals surface area contributed by atoms with Gasteiger partial charge in [0.05, 0.1) is 12.8 Å². The van der Waals surface area contributed by atoms with Gasteiger partial charge in [0, 0.05) is 14.1 Å². The van der Waals surface area contributed by atoms with Crippen LogP contribution in [-0.4, -0.2) is 28.5 Å². The summed E-state index contributed by atoms with van der Waals surface area (Å²) in [6.45, 7) is 0. The fourth-order valence-electron chi connectivity index (χ4n) is 1.59. The monoisotopic (exact) mass is 234 g/mol. The van der Waals surface area contributed by atoms with Crippen molar-refractivity contribution in [3.63, 3.8) is 0 Å². The Balaban J connectivity index is 2.55. The van der Waals surface area contributed by atoms with Gasteiger partial charge in [-0.3, -0.25) is 0 Å². The molecule has 1 aromatic heterocycles. The van der Waals surface area contributed by atoms with E-state index in [1.165, 1.54) is 9.25 Å². The van der Waals surface area contributed by atoms with E-state index in [-0.39, 0.29) is 5.69 Å². The zero-order chi connectivity index (χ0) is 12.4. The number of ether oxygens (including phenoxy) is 1. The third-order valence-electron chi connectivity index (χ3n) is 2.48. The third kappa shape index (κ3) is 1.89. The van der Waals surface area contributed by atoms with Gasteiger partial charge >= 0.3 is 5.69 Å². The summed E-state index contributed by atoms with van der Waals surface area (Å²) in [7, 11) is 4.94. The average molecular weight is 234 g/mol. The van der Waals surface area contributed by atoms with Crippen molar-refractivity contribution in [2.24, 2.45) is 7.05 Å². The molecular weight excluding hydrogens is 220 g/mol. The van der Waals surface area contributed by atoms with Gasteiger partial charge in [0.15, 0.2) is 0 Å². The second-order valence-corrected chi connectivity index (χ2v) is 3.51. The van der Waals surface area contributed by atoms with Crippen molar-refractivity contribution >= 4 is 5.95 Å². The summed E-state index contributed by atoms with van der Waals surface area (Å²) in [5, 5.41) is 6.96. The van der Waals surface area contributed by atoms with Gasteiger partial charge in [-0.05, 0) is 24.3 Å². The highest BCUT2D eigenvalue weighted by atomic mass is 16.5. The van der Waals surface area contributed by atoms with Crippen molar-refractivity contribution in [2.45, 2.75) is 0 Å². The lowest BCUT2D eigenvalue weighted by molar-refractivity contribution is 0.414. The van der Waals surface area contributed by atoms with Gasteiger partial charge in [0.1, 0.15) is 5.75 Å². The van der Waals surface area contributed by atoms with Gasteiger partial charge in [-0.1, -0.05) is 0 Å². The Kier molecular flexibility index (Phi) is 2.86. The van der Waals surface area contributed by atoms with Gasteiger partial charge in [-0.15, -0.1) is 5.10 Å². The van der Waals surface area contributed by atoms with Crippen molar-refractivity contribution in [3.05, 3.63) is 34.7 Å². The van der Waals surface area contributed by atoms with Gasteiger partial charge < -0.3 is 10.1 Å². The Labute approximate surface area is 98.4 Å². The van der Waals surface area contributed by atoms with Crippen LogP contribution >= 0.6 is 0 Å². The van der Waals surface area contributed by atoms with Crippen LogP contribution in [0, 0.1) is 0 Å². The minimum absolute atomic E-state index is 0.195. The number of rotatable bonds is 3. The minimum Gasteiger partial charge on any atom is -0.497 e. The fourth-order valence-corrected chi connectivity index (χ4v) is 1.59. The third-order valence-corrected chi connectivity index (χ3v) is 2.48. The quantitative estimate of drug-likeness (QED) is 0.845. The molecule has 0 atom stereocenters. The van der Waals surface area contributed by atoms with E-state index in [1.54, 1.807) is 33.3 Å². The second kappa shape index (κ2) is 4.32. The predicted octanol–water partition coefficient (Wildman–Crippen LogP) is 0.621. The van der Waals surface area contributed by atoms with Crippen molar-refractivity contribution in [2.75, 3.05) is 19.5 Å². The summed E-state index contributed by atoms with van der Waals surface area (Å²) in [6, 6.07) is 7.22. The standard InChI is InChI=1S/C11H14N4O2/c1-12-10-13-14(2)11(16)15(10)8-4-6-9(17-3)7-5-8/h4-7H,1-3H3,(H,12,13). The van der Waals surface area contributed by atoms with E-state index in [9.17, 15) is 4.79 Å². The second-order valence-electron chi connectivity index (χ2n) is 3.51. The van der Waals surface area contributed by atoms with Gasteiger partial charge in [-0.2, -0.15) is 0 Å². The Hall–Kier alpha value is -2.24. The largest absolute Gasteiger partial charge is 0.497 e. The van der Waals surface area contributed by atoms with Crippen LogP contribution in [0.5, 0.6) is 5.75 Å². The van der Waals surface area contributed by atoms with E-state index in [0.29, 0.717) is 5.95 Å². The zero-order valence-corrected chi connectivity index (χ0v) is 9.97. The van der Waals surface area contributed by atoms with E-state index in [0.717, 1.165) is 11.4 Å². The molecule has 2 aromatic rings. The molecule has 0 spiro atoms. The molecule has 0 fully saturated rings. The highest BCUT2D eigenvalue weighted by molar-refractivity contribution is 5.43. The van der Waals surface area contributed by atoms with E-state index in [4.69, 9.17) is 4.74 Å². The number of aromatic nitrogens is 3. The van der Waals surface area contributed by atoms with Gasteiger partial charge in [-0.25, -0.2) is 14.0 Å². The molecule has 90 valence electrons. The van der Waals surface area contributed by atoms with Crippen LogP contribution in [0.3, 0.4) is 0 Å². The lowest BCUT2D eigenvalue weighted by Gasteiger charge is -2.05. The lowest BCUT2D eigenvalue weighted by atomic mass is 10.3. The number of benzene rings is 1. The Bertz CT molecular complexity index is 568. The molecule has 1 heterocycles. The van der Waals surface area contributed by atoms with Crippen LogP contribution in [0.1, 0.15) is 0 Å². The molecule has 0 saturated heterocycles. The molecule has 6 heteroatoms. The number of hydrogen-bond acceptors (Lipinski definition) is 4. The summed E-state index contributed by atoms with van der Waals surface area (Å²) in [6.07, 6.45) is 0. The normalized spacial score (nSPS) is 10.3. The number of nitrogens with one attached hydrogen (secondary N) is 1. The van der Waals surface area contributed by atoms with Crippen LogP contribution in [-0.2, 0) is 7.05 Å². The number of anilines is 1. The van der Waals surface area contributed by atoms with Crippen LogP contribution < -0.4 is 15.7 Å². The fraction of sp³-hybridized carbons (Fsp3) is 0.273. The maximum atomic E-state index is 11.9.